The van der Waals surface area contributed by atoms with Crippen LogP contribution in [0.1, 0.15) is 56.8 Å². The van der Waals surface area contributed by atoms with Gasteiger partial charge in [-0.3, -0.25) is 9.59 Å². The van der Waals surface area contributed by atoms with E-state index in [0.29, 0.717) is 31.2 Å². The van der Waals surface area contributed by atoms with Crippen LogP contribution < -0.4 is 0 Å². The Bertz CT molecular complexity index is 633. The number of ether oxygens (including phenoxy) is 3. The van der Waals surface area contributed by atoms with Crippen LogP contribution in [0.4, 0.5) is 0 Å². The third-order valence-electron chi connectivity index (χ3n) is 3.55. The Morgan fingerprint density at radius 1 is 1.00 bits per heavy atom. The Kier molecular flexibility index (Phi) is 9.35. The van der Waals surface area contributed by atoms with Crippen LogP contribution in [0.3, 0.4) is 0 Å². The number of methoxy groups -OCH3 is 2. The summed E-state index contributed by atoms with van der Waals surface area (Å²) in [6, 6.07) is 6.89. The third-order valence-corrected chi connectivity index (χ3v) is 4.81. The maximum atomic E-state index is 12.6. The summed E-state index contributed by atoms with van der Waals surface area (Å²) in [4.78, 5) is 36.2. The summed E-state index contributed by atoms with van der Waals surface area (Å²) in [5, 5.41) is -0.397. The van der Waals surface area contributed by atoms with Crippen molar-refractivity contribution >= 4 is 29.7 Å². The lowest BCUT2D eigenvalue weighted by atomic mass is 10.1. The van der Waals surface area contributed by atoms with Gasteiger partial charge < -0.3 is 14.2 Å². The molecule has 0 aliphatic heterocycles. The minimum Gasteiger partial charge on any atom is -0.469 e. The molecule has 0 aliphatic carbocycles. The molecular formula is C20H28O6S. The predicted octanol–water partition coefficient (Wildman–Crippen LogP) is 4.01. The van der Waals surface area contributed by atoms with Crippen molar-refractivity contribution in [1.82, 2.24) is 0 Å². The number of hydrogen-bond donors (Lipinski definition) is 0. The summed E-state index contributed by atoms with van der Waals surface area (Å²) in [7, 11) is 2.69. The molecule has 0 aromatic heterocycles. The molecule has 150 valence electrons. The minimum atomic E-state index is -0.573. The maximum Gasteiger partial charge on any atom is 0.337 e. The molecule has 6 nitrogen and oxygen atoms in total. The summed E-state index contributed by atoms with van der Waals surface area (Å²) < 4.78 is 14.8. The van der Waals surface area contributed by atoms with Gasteiger partial charge >= 0.3 is 17.9 Å². The first-order valence-electron chi connectivity index (χ1n) is 8.81. The lowest BCUT2D eigenvalue weighted by Gasteiger charge is -2.24. The minimum absolute atomic E-state index is 0.255. The monoisotopic (exact) mass is 396 g/mol. The third kappa shape index (κ3) is 8.95. The van der Waals surface area contributed by atoms with E-state index in [0.717, 1.165) is 4.90 Å². The molecule has 0 N–H and O–H groups in total. The fraction of sp³-hybridized carbons (Fsp3) is 0.550. The Morgan fingerprint density at radius 2 is 1.63 bits per heavy atom. The van der Waals surface area contributed by atoms with Crippen molar-refractivity contribution in [2.75, 3.05) is 14.2 Å². The van der Waals surface area contributed by atoms with Crippen LogP contribution in [0.5, 0.6) is 0 Å². The van der Waals surface area contributed by atoms with Crippen LogP contribution in [-0.2, 0) is 23.8 Å². The fourth-order valence-electron chi connectivity index (χ4n) is 2.25. The highest BCUT2D eigenvalue weighted by atomic mass is 32.2. The highest BCUT2D eigenvalue weighted by Crippen LogP contribution is 2.29. The van der Waals surface area contributed by atoms with Crippen LogP contribution in [0.25, 0.3) is 0 Å². The van der Waals surface area contributed by atoms with Crippen molar-refractivity contribution in [2.45, 2.75) is 62.2 Å². The Hall–Kier alpha value is -2.02. The molecule has 0 aliphatic rings. The molecule has 1 unspecified atom stereocenters. The summed E-state index contributed by atoms with van der Waals surface area (Å²) in [5.74, 6) is -0.949. The zero-order valence-corrected chi connectivity index (χ0v) is 17.4. The van der Waals surface area contributed by atoms with Crippen LogP contribution in [-0.4, -0.2) is 43.0 Å². The van der Waals surface area contributed by atoms with Crippen molar-refractivity contribution in [2.24, 2.45) is 0 Å². The molecule has 0 saturated carbocycles. The molecule has 7 heteroatoms. The molecule has 27 heavy (non-hydrogen) atoms. The Balaban J connectivity index is 2.76. The number of hydrogen-bond acceptors (Lipinski definition) is 7. The number of benzene rings is 1. The van der Waals surface area contributed by atoms with Crippen molar-refractivity contribution in [3.05, 3.63) is 29.8 Å². The topological polar surface area (TPSA) is 78.9 Å². The van der Waals surface area contributed by atoms with Crippen LogP contribution in [0.15, 0.2) is 29.2 Å². The molecule has 0 radical (unpaired) electrons. The summed E-state index contributed by atoms with van der Waals surface area (Å²) in [6.45, 7) is 5.49. The summed E-state index contributed by atoms with van der Waals surface area (Å²) >= 11 is 1.39. The van der Waals surface area contributed by atoms with E-state index in [1.54, 1.807) is 24.3 Å². The number of carbonyl (C=O) groups excluding carboxylic acids is 3. The maximum absolute atomic E-state index is 12.6. The van der Waals surface area contributed by atoms with Gasteiger partial charge in [0, 0.05) is 11.3 Å². The molecule has 0 saturated heterocycles. The Morgan fingerprint density at radius 3 is 2.15 bits per heavy atom. The lowest BCUT2D eigenvalue weighted by molar-refractivity contribution is -0.154. The predicted molar refractivity (Wildman–Crippen MR) is 104 cm³/mol. The van der Waals surface area contributed by atoms with Crippen LogP contribution in [0, 0.1) is 0 Å². The molecule has 1 aromatic carbocycles. The number of unbranched alkanes of at least 4 members (excludes halogenated alkanes) is 1. The molecule has 0 spiro atoms. The summed E-state index contributed by atoms with van der Waals surface area (Å²) in [5.41, 5.74) is -0.120. The fourth-order valence-corrected chi connectivity index (χ4v) is 3.30. The highest BCUT2D eigenvalue weighted by Gasteiger charge is 2.26. The smallest absolute Gasteiger partial charge is 0.337 e. The SMILES string of the molecule is COC(=O)CCCCC(Sc1ccc(C(=O)OC)cc1)C(=O)OC(C)(C)C. The number of carbonyl (C=O) groups is 3. The van der Waals surface area contributed by atoms with Gasteiger partial charge in [-0.1, -0.05) is 6.42 Å². The molecule has 0 fully saturated rings. The highest BCUT2D eigenvalue weighted by molar-refractivity contribution is 8.00. The zero-order chi connectivity index (χ0) is 20.4. The number of rotatable bonds is 9. The second-order valence-corrected chi connectivity index (χ2v) is 8.25. The van der Waals surface area contributed by atoms with Crippen molar-refractivity contribution < 1.29 is 28.6 Å². The van der Waals surface area contributed by atoms with Gasteiger partial charge in [-0.15, -0.1) is 11.8 Å². The van der Waals surface area contributed by atoms with Gasteiger partial charge in [0.15, 0.2) is 0 Å². The molecule has 0 heterocycles. The second kappa shape index (κ2) is 11.0. The summed E-state index contributed by atoms with van der Waals surface area (Å²) in [6.07, 6.45) is 2.26. The van der Waals surface area contributed by atoms with E-state index in [-0.39, 0.29) is 11.9 Å². The van der Waals surface area contributed by atoms with Gasteiger partial charge in [0.25, 0.3) is 0 Å². The van der Waals surface area contributed by atoms with E-state index >= 15 is 0 Å². The van der Waals surface area contributed by atoms with Gasteiger partial charge in [0.2, 0.25) is 0 Å². The van der Waals surface area contributed by atoms with E-state index in [1.165, 1.54) is 26.0 Å². The van der Waals surface area contributed by atoms with Gasteiger partial charge in [-0.05, 0) is 57.9 Å². The van der Waals surface area contributed by atoms with Crippen molar-refractivity contribution in [1.29, 1.82) is 0 Å². The van der Waals surface area contributed by atoms with E-state index in [2.05, 4.69) is 9.47 Å². The van der Waals surface area contributed by atoms with Gasteiger partial charge in [0.1, 0.15) is 10.9 Å². The standard InChI is InChI=1S/C20H28O6S/c1-20(2,3)26-19(23)16(8-6-7-9-17(21)24-4)27-15-12-10-14(11-13-15)18(22)25-5/h10-13,16H,6-9H2,1-5H3. The second-order valence-electron chi connectivity index (χ2n) is 6.98. The first kappa shape index (κ1) is 23.0. The number of thioether (sulfide) groups is 1. The quantitative estimate of drug-likeness (QED) is 0.270. The first-order chi connectivity index (χ1) is 12.7. The Labute approximate surface area is 164 Å². The zero-order valence-electron chi connectivity index (χ0n) is 16.6. The molecule has 1 rings (SSSR count). The van der Waals surface area contributed by atoms with Crippen LogP contribution >= 0.6 is 11.8 Å². The molecule has 1 aromatic rings. The van der Waals surface area contributed by atoms with E-state index in [4.69, 9.17) is 4.74 Å². The van der Waals surface area contributed by atoms with Gasteiger partial charge in [-0.2, -0.15) is 0 Å². The largest absolute Gasteiger partial charge is 0.469 e. The van der Waals surface area contributed by atoms with Crippen molar-refractivity contribution in [3.8, 4) is 0 Å². The van der Waals surface area contributed by atoms with Crippen molar-refractivity contribution in [3.63, 3.8) is 0 Å². The molecule has 1 atom stereocenters. The normalized spacial score (nSPS) is 12.2. The van der Waals surface area contributed by atoms with E-state index in [1.807, 2.05) is 20.8 Å². The average molecular weight is 397 g/mol. The molecular weight excluding hydrogens is 368 g/mol. The van der Waals surface area contributed by atoms with Gasteiger partial charge in [0.05, 0.1) is 19.8 Å². The van der Waals surface area contributed by atoms with E-state index < -0.39 is 16.8 Å². The first-order valence-corrected chi connectivity index (χ1v) is 9.69. The average Bonchev–Trinajstić information content (AvgIpc) is 2.62. The van der Waals surface area contributed by atoms with Crippen LogP contribution in [0.2, 0.25) is 0 Å². The number of esters is 3. The molecule has 0 amide bonds. The van der Waals surface area contributed by atoms with Gasteiger partial charge in [-0.25, -0.2) is 4.79 Å². The van der Waals surface area contributed by atoms with E-state index in [9.17, 15) is 14.4 Å². The molecule has 0 bridgehead atoms. The lowest BCUT2D eigenvalue weighted by Crippen LogP contribution is -2.30.